The van der Waals surface area contributed by atoms with Gasteiger partial charge in [-0.3, -0.25) is 0 Å². The van der Waals surface area contributed by atoms with Crippen LogP contribution >= 0.6 is 0 Å². The molecule has 0 aliphatic heterocycles. The largest absolute Gasteiger partial charge is 0.395 e. The summed E-state index contributed by atoms with van der Waals surface area (Å²) in [7, 11) is 0. The predicted molar refractivity (Wildman–Crippen MR) is 50.7 cm³/mol. The Kier molecular flexibility index (Phi) is 3.97. The van der Waals surface area contributed by atoms with Crippen molar-refractivity contribution in [1.82, 2.24) is 4.98 Å². The number of aliphatic hydroxyl groups excluding tert-OH is 1. The van der Waals surface area contributed by atoms with Crippen LogP contribution in [0.5, 0.6) is 0 Å². The van der Waals surface area contributed by atoms with Gasteiger partial charge in [-0.05, 0) is 18.1 Å². The van der Waals surface area contributed by atoms with Gasteiger partial charge in [0.15, 0.2) is 0 Å². The Morgan fingerprint density at radius 2 is 2.31 bits per heavy atom. The molecule has 68 valence electrons. The summed E-state index contributed by atoms with van der Waals surface area (Å²) in [6, 6.07) is 5.55. The third-order valence-electron chi connectivity index (χ3n) is 1.47. The van der Waals surface area contributed by atoms with E-state index in [2.05, 4.69) is 16.8 Å². The Bertz CT molecular complexity index is 325. The van der Waals surface area contributed by atoms with E-state index < -0.39 is 0 Å². The van der Waals surface area contributed by atoms with Gasteiger partial charge in [0.05, 0.1) is 12.3 Å². The molecule has 0 saturated carbocycles. The molecule has 1 aromatic heterocycles. The van der Waals surface area contributed by atoms with Crippen LogP contribution in [0, 0.1) is 11.8 Å². The topological polar surface area (TPSA) is 59.1 Å². The zero-order chi connectivity index (χ0) is 9.52. The Balaban J connectivity index is 2.73. The minimum atomic E-state index is 0.0869. The fraction of sp³-hybridized carbons (Fsp3) is 0.300. The zero-order valence-electron chi connectivity index (χ0n) is 7.33. The van der Waals surface area contributed by atoms with Crippen molar-refractivity contribution >= 4 is 0 Å². The highest BCUT2D eigenvalue weighted by molar-refractivity contribution is 5.28. The Morgan fingerprint density at radius 1 is 1.46 bits per heavy atom. The lowest BCUT2D eigenvalue weighted by Gasteiger charge is -1.94. The maximum absolute atomic E-state index is 8.50. The molecule has 0 aliphatic rings. The summed E-state index contributed by atoms with van der Waals surface area (Å²) in [5, 5.41) is 8.50. The van der Waals surface area contributed by atoms with Crippen molar-refractivity contribution in [3.8, 4) is 11.8 Å². The van der Waals surface area contributed by atoms with E-state index in [0.29, 0.717) is 18.7 Å². The third kappa shape index (κ3) is 3.24. The Labute approximate surface area is 77.6 Å². The van der Waals surface area contributed by atoms with Crippen molar-refractivity contribution in [2.24, 2.45) is 5.73 Å². The van der Waals surface area contributed by atoms with Crippen molar-refractivity contribution < 1.29 is 5.11 Å². The van der Waals surface area contributed by atoms with E-state index in [0.717, 1.165) is 5.69 Å². The van der Waals surface area contributed by atoms with Gasteiger partial charge in [0.2, 0.25) is 0 Å². The lowest BCUT2D eigenvalue weighted by molar-refractivity contribution is 0.305. The minimum Gasteiger partial charge on any atom is -0.395 e. The highest BCUT2D eigenvalue weighted by Gasteiger charge is 1.91. The van der Waals surface area contributed by atoms with Crippen LogP contribution in [0.2, 0.25) is 0 Å². The van der Waals surface area contributed by atoms with E-state index in [4.69, 9.17) is 10.8 Å². The van der Waals surface area contributed by atoms with Gasteiger partial charge >= 0.3 is 0 Å². The van der Waals surface area contributed by atoms with Crippen LogP contribution in [0.1, 0.15) is 17.8 Å². The highest BCUT2D eigenvalue weighted by Crippen LogP contribution is 1.96. The van der Waals surface area contributed by atoms with Crippen molar-refractivity contribution in [1.29, 1.82) is 0 Å². The van der Waals surface area contributed by atoms with Crippen LogP contribution in [-0.2, 0) is 6.54 Å². The fourth-order valence-electron chi connectivity index (χ4n) is 0.872. The van der Waals surface area contributed by atoms with E-state index in [1.807, 2.05) is 18.2 Å². The molecule has 0 atom stereocenters. The van der Waals surface area contributed by atoms with Crippen molar-refractivity contribution in [3.63, 3.8) is 0 Å². The maximum atomic E-state index is 8.50. The van der Waals surface area contributed by atoms with Gasteiger partial charge in [0, 0.05) is 13.0 Å². The van der Waals surface area contributed by atoms with Gasteiger partial charge in [0.25, 0.3) is 0 Å². The second-order valence-electron chi connectivity index (χ2n) is 2.49. The average molecular weight is 176 g/mol. The summed E-state index contributed by atoms with van der Waals surface area (Å²) in [5.74, 6) is 5.64. The summed E-state index contributed by atoms with van der Waals surface area (Å²) in [6.45, 7) is 0.513. The molecule has 0 amide bonds. The summed E-state index contributed by atoms with van der Waals surface area (Å²) in [5.41, 5.74) is 6.96. The van der Waals surface area contributed by atoms with Crippen molar-refractivity contribution in [2.75, 3.05) is 6.61 Å². The van der Waals surface area contributed by atoms with Gasteiger partial charge in [-0.15, -0.1) is 0 Å². The fourth-order valence-corrected chi connectivity index (χ4v) is 0.872. The molecule has 3 heteroatoms. The molecule has 13 heavy (non-hydrogen) atoms. The smallest absolute Gasteiger partial charge is 0.113 e. The van der Waals surface area contributed by atoms with Crippen molar-refractivity contribution in [2.45, 2.75) is 13.0 Å². The molecule has 0 bridgehead atoms. The van der Waals surface area contributed by atoms with Crippen LogP contribution in [-0.4, -0.2) is 16.7 Å². The normalized spacial score (nSPS) is 9.08. The molecule has 3 nitrogen and oxygen atoms in total. The summed E-state index contributed by atoms with van der Waals surface area (Å²) in [6.07, 6.45) is 0.481. The summed E-state index contributed by atoms with van der Waals surface area (Å²) in [4.78, 5) is 4.18. The Morgan fingerprint density at radius 3 is 3.00 bits per heavy atom. The second-order valence-corrected chi connectivity index (χ2v) is 2.49. The molecule has 0 fully saturated rings. The van der Waals surface area contributed by atoms with Crippen LogP contribution in [0.15, 0.2) is 18.2 Å². The summed E-state index contributed by atoms with van der Waals surface area (Å²) >= 11 is 0. The van der Waals surface area contributed by atoms with Gasteiger partial charge in [-0.2, -0.15) is 0 Å². The lowest BCUT2D eigenvalue weighted by atomic mass is 10.3. The first-order chi connectivity index (χ1) is 6.36. The molecule has 0 radical (unpaired) electrons. The molecular weight excluding hydrogens is 164 g/mol. The first kappa shape index (κ1) is 9.72. The molecule has 3 N–H and O–H groups in total. The zero-order valence-corrected chi connectivity index (χ0v) is 7.33. The molecule has 0 spiro atoms. The number of nitrogens with zero attached hydrogens (tertiary/aromatic N) is 1. The van der Waals surface area contributed by atoms with Crippen LogP contribution in [0.4, 0.5) is 0 Å². The van der Waals surface area contributed by atoms with Gasteiger partial charge in [0.1, 0.15) is 5.69 Å². The monoisotopic (exact) mass is 176 g/mol. The average Bonchev–Trinajstić information content (AvgIpc) is 2.19. The number of nitrogens with two attached hydrogens (primary N) is 1. The van der Waals surface area contributed by atoms with Crippen molar-refractivity contribution in [3.05, 3.63) is 29.6 Å². The van der Waals surface area contributed by atoms with Gasteiger partial charge in [-0.1, -0.05) is 12.0 Å². The third-order valence-corrected chi connectivity index (χ3v) is 1.47. The predicted octanol–water partition coefficient (Wildman–Crippen LogP) is 0.274. The summed E-state index contributed by atoms with van der Waals surface area (Å²) < 4.78 is 0. The van der Waals surface area contributed by atoms with Crippen LogP contribution < -0.4 is 5.73 Å². The lowest BCUT2D eigenvalue weighted by Crippen LogP contribution is -1.99. The number of hydrogen-bond donors (Lipinski definition) is 2. The van der Waals surface area contributed by atoms with Crippen LogP contribution in [0.3, 0.4) is 0 Å². The maximum Gasteiger partial charge on any atom is 0.113 e. The van der Waals surface area contributed by atoms with Gasteiger partial charge < -0.3 is 10.8 Å². The number of aromatic nitrogens is 1. The van der Waals surface area contributed by atoms with Crippen LogP contribution in [0.25, 0.3) is 0 Å². The minimum absolute atomic E-state index is 0.0869. The van der Waals surface area contributed by atoms with E-state index in [9.17, 15) is 0 Å². The van der Waals surface area contributed by atoms with E-state index in [1.54, 1.807) is 0 Å². The quantitative estimate of drug-likeness (QED) is 0.636. The molecule has 0 aromatic carbocycles. The molecular formula is C10H12N2O. The number of pyridine rings is 1. The molecule has 0 saturated heterocycles. The van der Waals surface area contributed by atoms with Gasteiger partial charge in [-0.25, -0.2) is 4.98 Å². The number of hydrogen-bond acceptors (Lipinski definition) is 3. The first-order valence-corrected chi connectivity index (χ1v) is 4.12. The highest BCUT2D eigenvalue weighted by atomic mass is 16.2. The SMILES string of the molecule is NCc1cccc(C#CCCO)n1. The van der Waals surface area contributed by atoms with E-state index in [-0.39, 0.29) is 6.61 Å². The number of rotatable bonds is 2. The second kappa shape index (κ2) is 5.31. The van der Waals surface area contributed by atoms with E-state index in [1.165, 1.54) is 0 Å². The molecule has 0 unspecified atom stereocenters. The molecule has 1 rings (SSSR count). The first-order valence-electron chi connectivity index (χ1n) is 4.12. The number of aliphatic hydroxyl groups is 1. The standard InChI is InChI=1S/C10H12N2O/c11-8-10-6-3-5-9(12-10)4-1-2-7-13/h3,5-6,13H,2,7-8,11H2. The van der Waals surface area contributed by atoms with E-state index >= 15 is 0 Å². The molecule has 1 heterocycles. The Hall–Kier alpha value is -1.37. The molecule has 0 aliphatic carbocycles. The molecule has 1 aromatic rings.